The Bertz CT molecular complexity index is 689. The molecule has 1 atom stereocenters. The fourth-order valence-corrected chi connectivity index (χ4v) is 3.02. The molecule has 0 amide bonds. The maximum atomic E-state index is 11.5. The predicted octanol–water partition coefficient (Wildman–Crippen LogP) is 2.35. The van der Waals surface area contributed by atoms with Gasteiger partial charge in [0.15, 0.2) is 0 Å². The molecule has 0 spiro atoms. The highest BCUT2D eigenvalue weighted by Gasteiger charge is 2.16. The van der Waals surface area contributed by atoms with Crippen LogP contribution in [-0.4, -0.2) is 26.2 Å². The van der Waals surface area contributed by atoms with E-state index in [0.29, 0.717) is 5.56 Å². The average Bonchev–Trinajstić information content (AvgIpc) is 2.63. The zero-order valence-corrected chi connectivity index (χ0v) is 13.4. The summed E-state index contributed by atoms with van der Waals surface area (Å²) in [5.41, 5.74) is 4.66. The fourth-order valence-electron chi connectivity index (χ4n) is 3.02. The molecule has 1 heterocycles. The molecular formula is C20H22NO2+. The van der Waals surface area contributed by atoms with Crippen LogP contribution in [0.25, 0.3) is 5.57 Å². The molecule has 0 fully saturated rings. The minimum Gasteiger partial charge on any atom is -0.465 e. The van der Waals surface area contributed by atoms with Crippen LogP contribution in [0.2, 0.25) is 0 Å². The standard InChI is InChI=1S/C20H21NO2/c1-23-20(22)19-9-7-16(8-10-19)15-21-13-11-18(12-14-21)17-5-3-2-4-6-17/h2-11H,12-15H2,1H3/p+1. The van der Waals surface area contributed by atoms with Crippen LogP contribution in [0.1, 0.15) is 27.9 Å². The SMILES string of the molecule is COC(=O)c1ccc(C[NH+]2CC=C(c3ccccc3)CC2)cc1. The number of quaternary nitrogens is 1. The summed E-state index contributed by atoms with van der Waals surface area (Å²) >= 11 is 0. The van der Waals surface area contributed by atoms with E-state index in [-0.39, 0.29) is 5.97 Å². The van der Waals surface area contributed by atoms with Crippen molar-refractivity contribution in [3.8, 4) is 0 Å². The van der Waals surface area contributed by atoms with E-state index >= 15 is 0 Å². The van der Waals surface area contributed by atoms with Crippen LogP contribution in [0.4, 0.5) is 0 Å². The molecule has 1 N–H and O–H groups in total. The van der Waals surface area contributed by atoms with Crippen LogP contribution in [0.15, 0.2) is 60.7 Å². The van der Waals surface area contributed by atoms with Gasteiger partial charge in [0.05, 0.1) is 25.8 Å². The van der Waals surface area contributed by atoms with E-state index in [0.717, 1.165) is 26.1 Å². The normalized spacial score (nSPS) is 17.4. The molecule has 2 aromatic carbocycles. The zero-order valence-electron chi connectivity index (χ0n) is 13.4. The van der Waals surface area contributed by atoms with Gasteiger partial charge in [-0.05, 0) is 29.3 Å². The summed E-state index contributed by atoms with van der Waals surface area (Å²) in [4.78, 5) is 13.0. The number of nitrogens with one attached hydrogen (secondary N) is 1. The fraction of sp³-hybridized carbons (Fsp3) is 0.250. The highest BCUT2D eigenvalue weighted by molar-refractivity contribution is 5.89. The number of rotatable bonds is 4. The molecule has 3 nitrogen and oxygen atoms in total. The lowest BCUT2D eigenvalue weighted by atomic mass is 9.99. The van der Waals surface area contributed by atoms with E-state index in [9.17, 15) is 4.79 Å². The number of hydrogen-bond donors (Lipinski definition) is 1. The monoisotopic (exact) mass is 308 g/mol. The van der Waals surface area contributed by atoms with E-state index in [2.05, 4.69) is 36.4 Å². The Kier molecular flexibility index (Phi) is 4.89. The summed E-state index contributed by atoms with van der Waals surface area (Å²) in [6, 6.07) is 18.3. The maximum absolute atomic E-state index is 11.5. The summed E-state index contributed by atoms with van der Waals surface area (Å²) in [6.07, 6.45) is 3.47. The molecule has 23 heavy (non-hydrogen) atoms. The number of methoxy groups -OCH3 is 1. The van der Waals surface area contributed by atoms with E-state index in [4.69, 9.17) is 4.74 Å². The number of esters is 1. The van der Waals surface area contributed by atoms with Crippen molar-refractivity contribution in [3.63, 3.8) is 0 Å². The summed E-state index contributed by atoms with van der Waals surface area (Å²) in [5, 5.41) is 0. The summed E-state index contributed by atoms with van der Waals surface area (Å²) in [6.45, 7) is 3.17. The quantitative estimate of drug-likeness (QED) is 0.879. The lowest BCUT2D eigenvalue weighted by Gasteiger charge is -2.24. The van der Waals surface area contributed by atoms with Gasteiger partial charge in [0.1, 0.15) is 6.54 Å². The Morgan fingerprint density at radius 2 is 1.83 bits per heavy atom. The Balaban J connectivity index is 1.60. The molecule has 0 aliphatic carbocycles. The molecule has 2 aromatic rings. The van der Waals surface area contributed by atoms with Gasteiger partial charge in [0.2, 0.25) is 0 Å². The van der Waals surface area contributed by atoms with E-state index < -0.39 is 0 Å². The number of carbonyl (C=O) groups excluding carboxylic acids is 1. The zero-order chi connectivity index (χ0) is 16.1. The predicted molar refractivity (Wildman–Crippen MR) is 91.2 cm³/mol. The first-order valence-corrected chi connectivity index (χ1v) is 8.01. The molecule has 0 bridgehead atoms. The number of hydrogen-bond acceptors (Lipinski definition) is 2. The third-order valence-corrected chi connectivity index (χ3v) is 4.36. The highest BCUT2D eigenvalue weighted by atomic mass is 16.5. The molecule has 1 unspecified atom stereocenters. The maximum Gasteiger partial charge on any atom is 0.337 e. The number of carbonyl (C=O) groups is 1. The largest absolute Gasteiger partial charge is 0.465 e. The first kappa shape index (κ1) is 15.5. The molecule has 1 aliphatic rings. The van der Waals surface area contributed by atoms with Crippen LogP contribution >= 0.6 is 0 Å². The van der Waals surface area contributed by atoms with Crippen molar-refractivity contribution in [2.24, 2.45) is 0 Å². The van der Waals surface area contributed by atoms with Gasteiger partial charge in [-0.25, -0.2) is 4.79 Å². The molecular weight excluding hydrogens is 286 g/mol. The minimum atomic E-state index is -0.280. The Hall–Kier alpha value is -2.39. The molecule has 0 aromatic heterocycles. The molecule has 0 saturated heterocycles. The second kappa shape index (κ2) is 7.25. The number of ether oxygens (including phenoxy) is 1. The first-order chi connectivity index (χ1) is 11.3. The second-order valence-electron chi connectivity index (χ2n) is 5.91. The lowest BCUT2D eigenvalue weighted by Crippen LogP contribution is -3.11. The van der Waals surface area contributed by atoms with Crippen molar-refractivity contribution in [1.29, 1.82) is 0 Å². The van der Waals surface area contributed by atoms with Crippen LogP contribution in [0.3, 0.4) is 0 Å². The van der Waals surface area contributed by atoms with Crippen molar-refractivity contribution in [3.05, 3.63) is 77.4 Å². The minimum absolute atomic E-state index is 0.280. The summed E-state index contributed by atoms with van der Waals surface area (Å²) < 4.78 is 4.73. The van der Waals surface area contributed by atoms with Crippen LogP contribution < -0.4 is 4.90 Å². The van der Waals surface area contributed by atoms with Gasteiger partial charge < -0.3 is 9.64 Å². The van der Waals surface area contributed by atoms with Crippen LogP contribution in [0.5, 0.6) is 0 Å². The summed E-state index contributed by atoms with van der Waals surface area (Å²) in [5.74, 6) is -0.280. The smallest absolute Gasteiger partial charge is 0.337 e. The van der Waals surface area contributed by atoms with Crippen LogP contribution in [-0.2, 0) is 11.3 Å². The topological polar surface area (TPSA) is 30.7 Å². The Labute approximate surface area is 137 Å². The first-order valence-electron chi connectivity index (χ1n) is 8.01. The molecule has 3 rings (SSSR count). The lowest BCUT2D eigenvalue weighted by molar-refractivity contribution is -0.908. The molecule has 118 valence electrons. The van der Waals surface area contributed by atoms with E-state index in [1.165, 1.54) is 23.8 Å². The van der Waals surface area contributed by atoms with Crippen molar-refractivity contribution in [1.82, 2.24) is 0 Å². The van der Waals surface area contributed by atoms with E-state index in [1.807, 2.05) is 24.3 Å². The summed E-state index contributed by atoms with van der Waals surface area (Å²) in [7, 11) is 1.41. The third kappa shape index (κ3) is 3.88. The molecule has 3 heteroatoms. The van der Waals surface area contributed by atoms with Crippen molar-refractivity contribution < 1.29 is 14.4 Å². The van der Waals surface area contributed by atoms with Crippen molar-refractivity contribution in [2.75, 3.05) is 20.2 Å². The highest BCUT2D eigenvalue weighted by Crippen LogP contribution is 2.17. The Morgan fingerprint density at radius 1 is 1.09 bits per heavy atom. The van der Waals surface area contributed by atoms with Gasteiger partial charge in [0.25, 0.3) is 0 Å². The Morgan fingerprint density at radius 3 is 2.43 bits per heavy atom. The van der Waals surface area contributed by atoms with Crippen molar-refractivity contribution >= 4 is 11.5 Å². The van der Waals surface area contributed by atoms with Gasteiger partial charge >= 0.3 is 5.97 Å². The molecule has 0 radical (unpaired) electrons. The van der Waals surface area contributed by atoms with Gasteiger partial charge in [-0.2, -0.15) is 0 Å². The average molecular weight is 308 g/mol. The van der Waals surface area contributed by atoms with Gasteiger partial charge in [-0.1, -0.05) is 42.5 Å². The van der Waals surface area contributed by atoms with E-state index in [1.54, 1.807) is 4.90 Å². The third-order valence-electron chi connectivity index (χ3n) is 4.36. The molecule has 1 aliphatic heterocycles. The van der Waals surface area contributed by atoms with Gasteiger partial charge in [0, 0.05) is 12.0 Å². The van der Waals surface area contributed by atoms with Crippen LogP contribution in [0, 0.1) is 0 Å². The van der Waals surface area contributed by atoms with Gasteiger partial charge in [-0.15, -0.1) is 0 Å². The van der Waals surface area contributed by atoms with Gasteiger partial charge in [-0.3, -0.25) is 0 Å². The number of benzene rings is 2. The molecule has 0 saturated carbocycles. The van der Waals surface area contributed by atoms with Crippen molar-refractivity contribution in [2.45, 2.75) is 13.0 Å². The second-order valence-corrected chi connectivity index (χ2v) is 5.91.